The second-order valence-electron chi connectivity index (χ2n) is 6.83. The first-order chi connectivity index (χ1) is 11.3. The van der Waals surface area contributed by atoms with Crippen LogP contribution in [-0.4, -0.2) is 54.5 Å². The van der Waals surface area contributed by atoms with Crippen molar-refractivity contribution in [3.63, 3.8) is 0 Å². The summed E-state index contributed by atoms with van der Waals surface area (Å²) in [7, 11) is 0. The Hall–Kier alpha value is -1.39. The molecule has 4 nitrogen and oxygen atoms in total. The lowest BCUT2D eigenvalue weighted by molar-refractivity contribution is -0.121. The molecule has 2 fully saturated rings. The summed E-state index contributed by atoms with van der Waals surface area (Å²) in [4.78, 5) is 16.9. The zero-order valence-electron chi connectivity index (χ0n) is 14.0. The molecule has 126 valence electrons. The molecule has 4 heteroatoms. The van der Waals surface area contributed by atoms with Crippen molar-refractivity contribution in [2.75, 3.05) is 32.7 Å². The van der Waals surface area contributed by atoms with E-state index in [1.165, 1.54) is 44.3 Å². The Morgan fingerprint density at radius 2 is 1.83 bits per heavy atom. The molecular formula is C19H29N3O. The highest BCUT2D eigenvalue weighted by atomic mass is 16.2. The Morgan fingerprint density at radius 3 is 2.57 bits per heavy atom. The number of hydrogen-bond acceptors (Lipinski definition) is 3. The molecule has 0 aliphatic carbocycles. The zero-order valence-corrected chi connectivity index (χ0v) is 14.0. The van der Waals surface area contributed by atoms with Crippen molar-refractivity contribution in [1.82, 2.24) is 15.1 Å². The largest absolute Gasteiger partial charge is 0.355 e. The molecule has 0 spiro atoms. The molecular weight excluding hydrogens is 286 g/mol. The van der Waals surface area contributed by atoms with Gasteiger partial charge in [0.15, 0.2) is 0 Å². The normalized spacial score (nSPS) is 24.9. The minimum absolute atomic E-state index is 0.0911. The molecule has 0 saturated carbocycles. The maximum atomic E-state index is 12.1. The van der Waals surface area contributed by atoms with Crippen LogP contribution in [0.2, 0.25) is 0 Å². The highest BCUT2D eigenvalue weighted by Gasteiger charge is 2.39. The Balaban J connectivity index is 1.28. The Bertz CT molecular complexity index is 483. The number of amides is 1. The summed E-state index contributed by atoms with van der Waals surface area (Å²) in [6.45, 7) is 6.19. The highest BCUT2D eigenvalue weighted by molar-refractivity contribution is 5.84. The van der Waals surface area contributed by atoms with Gasteiger partial charge in [0, 0.05) is 19.6 Å². The van der Waals surface area contributed by atoms with E-state index in [1.54, 1.807) is 0 Å². The van der Waals surface area contributed by atoms with Gasteiger partial charge < -0.3 is 10.2 Å². The molecule has 2 atom stereocenters. The molecule has 2 unspecified atom stereocenters. The van der Waals surface area contributed by atoms with Crippen molar-refractivity contribution in [3.8, 4) is 0 Å². The smallest absolute Gasteiger partial charge is 0.238 e. The number of benzene rings is 1. The standard InChI is InChI=1S/C19H29N3O/c23-19(18-16-22(18)15-17-9-4-3-5-10-17)20-11-8-14-21-12-6-1-2-7-13-21/h3-5,9-10,18H,1-2,6-8,11-16H2,(H,20,23). The van der Waals surface area contributed by atoms with Crippen LogP contribution in [0.1, 0.15) is 37.7 Å². The molecule has 1 aromatic rings. The van der Waals surface area contributed by atoms with Crippen LogP contribution in [-0.2, 0) is 11.3 Å². The Morgan fingerprint density at radius 1 is 1.09 bits per heavy atom. The summed E-state index contributed by atoms with van der Waals surface area (Å²) in [5, 5.41) is 3.11. The number of likely N-dealkylation sites (tertiary alicyclic amines) is 1. The summed E-state index contributed by atoms with van der Waals surface area (Å²) in [6, 6.07) is 10.5. The lowest BCUT2D eigenvalue weighted by Gasteiger charge is -2.19. The summed E-state index contributed by atoms with van der Waals surface area (Å²) >= 11 is 0. The van der Waals surface area contributed by atoms with Gasteiger partial charge in [-0.25, -0.2) is 0 Å². The third-order valence-electron chi connectivity index (χ3n) is 4.89. The van der Waals surface area contributed by atoms with Crippen LogP contribution in [0.5, 0.6) is 0 Å². The Kier molecular flexibility index (Phi) is 6.06. The number of nitrogens with one attached hydrogen (secondary N) is 1. The van der Waals surface area contributed by atoms with Crippen molar-refractivity contribution < 1.29 is 4.79 Å². The van der Waals surface area contributed by atoms with E-state index in [0.717, 1.165) is 32.6 Å². The fourth-order valence-electron chi connectivity index (χ4n) is 3.41. The molecule has 2 heterocycles. The first-order valence-electron chi connectivity index (χ1n) is 9.11. The minimum atomic E-state index is 0.0911. The molecule has 1 aromatic carbocycles. The second-order valence-corrected chi connectivity index (χ2v) is 6.83. The van der Waals surface area contributed by atoms with E-state index >= 15 is 0 Å². The minimum Gasteiger partial charge on any atom is -0.355 e. The molecule has 2 aliphatic rings. The molecule has 1 amide bonds. The van der Waals surface area contributed by atoms with Gasteiger partial charge in [0.25, 0.3) is 0 Å². The van der Waals surface area contributed by atoms with Crippen molar-refractivity contribution in [3.05, 3.63) is 35.9 Å². The molecule has 1 N–H and O–H groups in total. The molecule has 0 radical (unpaired) electrons. The van der Waals surface area contributed by atoms with Crippen LogP contribution in [0.15, 0.2) is 30.3 Å². The molecule has 23 heavy (non-hydrogen) atoms. The number of hydrogen-bond donors (Lipinski definition) is 1. The van der Waals surface area contributed by atoms with Crippen LogP contribution in [0, 0.1) is 0 Å². The summed E-state index contributed by atoms with van der Waals surface area (Å²) in [6.07, 6.45) is 6.50. The van der Waals surface area contributed by atoms with Crippen molar-refractivity contribution >= 4 is 5.91 Å². The average molecular weight is 315 g/mol. The second kappa shape index (κ2) is 8.46. The third-order valence-corrected chi connectivity index (χ3v) is 4.89. The molecule has 0 bridgehead atoms. The molecule has 3 rings (SSSR count). The van der Waals surface area contributed by atoms with Crippen molar-refractivity contribution in [2.45, 2.75) is 44.7 Å². The SMILES string of the molecule is O=C(NCCCN1CCCCCC1)C1CN1Cc1ccccc1. The lowest BCUT2D eigenvalue weighted by atomic mass is 10.2. The molecule has 2 saturated heterocycles. The predicted octanol–water partition coefficient (Wildman–Crippen LogP) is 2.25. The van der Waals surface area contributed by atoms with Gasteiger partial charge in [0.05, 0.1) is 0 Å². The fraction of sp³-hybridized carbons (Fsp3) is 0.632. The average Bonchev–Trinajstić information content (AvgIpc) is 3.36. The van der Waals surface area contributed by atoms with Crippen LogP contribution < -0.4 is 5.32 Å². The van der Waals surface area contributed by atoms with E-state index in [1.807, 2.05) is 6.07 Å². The number of rotatable bonds is 7. The van der Waals surface area contributed by atoms with Gasteiger partial charge >= 0.3 is 0 Å². The van der Waals surface area contributed by atoms with E-state index < -0.39 is 0 Å². The van der Waals surface area contributed by atoms with E-state index in [2.05, 4.69) is 39.4 Å². The van der Waals surface area contributed by atoms with Gasteiger partial charge in [0.1, 0.15) is 6.04 Å². The fourth-order valence-corrected chi connectivity index (χ4v) is 3.41. The maximum absolute atomic E-state index is 12.1. The van der Waals surface area contributed by atoms with Gasteiger partial charge in [0.2, 0.25) is 5.91 Å². The lowest BCUT2D eigenvalue weighted by Crippen LogP contribution is -2.33. The van der Waals surface area contributed by atoms with Gasteiger partial charge in [-0.3, -0.25) is 9.69 Å². The van der Waals surface area contributed by atoms with Gasteiger partial charge in [-0.15, -0.1) is 0 Å². The van der Waals surface area contributed by atoms with Crippen molar-refractivity contribution in [2.24, 2.45) is 0 Å². The summed E-state index contributed by atoms with van der Waals surface area (Å²) < 4.78 is 0. The van der Waals surface area contributed by atoms with Crippen LogP contribution in [0.4, 0.5) is 0 Å². The quantitative estimate of drug-likeness (QED) is 0.619. The number of carbonyl (C=O) groups is 1. The van der Waals surface area contributed by atoms with Gasteiger partial charge in [-0.2, -0.15) is 0 Å². The third kappa shape index (κ3) is 5.33. The van der Waals surface area contributed by atoms with Crippen LogP contribution >= 0.6 is 0 Å². The van der Waals surface area contributed by atoms with Crippen LogP contribution in [0.25, 0.3) is 0 Å². The van der Waals surface area contributed by atoms with Crippen LogP contribution in [0.3, 0.4) is 0 Å². The summed E-state index contributed by atoms with van der Waals surface area (Å²) in [5.41, 5.74) is 1.28. The van der Waals surface area contributed by atoms with Crippen molar-refractivity contribution in [1.29, 1.82) is 0 Å². The zero-order chi connectivity index (χ0) is 15.9. The first kappa shape index (κ1) is 16.5. The van der Waals surface area contributed by atoms with Gasteiger partial charge in [-0.05, 0) is 44.5 Å². The molecule has 2 aliphatic heterocycles. The monoisotopic (exact) mass is 315 g/mol. The van der Waals surface area contributed by atoms with E-state index in [0.29, 0.717) is 0 Å². The highest BCUT2D eigenvalue weighted by Crippen LogP contribution is 2.21. The summed E-state index contributed by atoms with van der Waals surface area (Å²) in [5.74, 6) is 0.205. The maximum Gasteiger partial charge on any atom is 0.238 e. The topological polar surface area (TPSA) is 35.4 Å². The number of nitrogens with zero attached hydrogens (tertiary/aromatic N) is 2. The predicted molar refractivity (Wildman–Crippen MR) is 93.2 cm³/mol. The van der Waals surface area contributed by atoms with E-state index in [-0.39, 0.29) is 11.9 Å². The first-order valence-corrected chi connectivity index (χ1v) is 9.11. The van der Waals surface area contributed by atoms with E-state index in [4.69, 9.17) is 0 Å². The number of carbonyl (C=O) groups excluding carboxylic acids is 1. The van der Waals surface area contributed by atoms with Gasteiger partial charge in [-0.1, -0.05) is 43.2 Å². The Labute approximate surface area is 139 Å². The molecule has 0 aromatic heterocycles. The van der Waals surface area contributed by atoms with E-state index in [9.17, 15) is 4.79 Å².